The Kier molecular flexibility index (Phi) is 7.89. The van der Waals surface area contributed by atoms with E-state index < -0.39 is 15.9 Å². The van der Waals surface area contributed by atoms with E-state index in [-0.39, 0.29) is 17.3 Å². The highest BCUT2D eigenvalue weighted by molar-refractivity contribution is 7.89. The van der Waals surface area contributed by atoms with E-state index in [1.54, 1.807) is 4.31 Å². The van der Waals surface area contributed by atoms with E-state index in [1.165, 1.54) is 12.4 Å². The first-order valence-electron chi connectivity index (χ1n) is 9.17. The average Bonchev–Trinajstić information content (AvgIpc) is 2.68. The van der Waals surface area contributed by atoms with E-state index in [9.17, 15) is 13.2 Å². The summed E-state index contributed by atoms with van der Waals surface area (Å²) in [7, 11) is -3.07. The molecule has 1 aliphatic rings. The van der Waals surface area contributed by atoms with Crippen molar-refractivity contribution in [1.29, 1.82) is 0 Å². The molecule has 8 nitrogen and oxygen atoms in total. The molecule has 1 aromatic heterocycles. The number of nitrogens with zero attached hydrogens (tertiary/aromatic N) is 3. The van der Waals surface area contributed by atoms with Gasteiger partial charge in [0.25, 0.3) is 5.91 Å². The van der Waals surface area contributed by atoms with Crippen molar-refractivity contribution in [2.75, 3.05) is 24.6 Å². The van der Waals surface area contributed by atoms with Crippen molar-refractivity contribution in [3.8, 4) is 0 Å². The molecule has 1 aromatic carbocycles. The fourth-order valence-corrected chi connectivity index (χ4v) is 4.34. The molecule has 0 unspecified atom stereocenters. The van der Waals surface area contributed by atoms with Crippen LogP contribution in [0.2, 0.25) is 0 Å². The van der Waals surface area contributed by atoms with Gasteiger partial charge in [0.15, 0.2) is 11.5 Å². The van der Waals surface area contributed by atoms with Gasteiger partial charge in [-0.25, -0.2) is 22.7 Å². The molecule has 2 aromatic rings. The zero-order valence-electron chi connectivity index (χ0n) is 16.0. The van der Waals surface area contributed by atoms with E-state index in [0.29, 0.717) is 25.4 Å². The fraction of sp³-hybridized carbons (Fsp3) is 0.421. The van der Waals surface area contributed by atoms with Crippen molar-refractivity contribution in [2.45, 2.75) is 26.2 Å². The van der Waals surface area contributed by atoms with Gasteiger partial charge in [-0.3, -0.25) is 4.79 Å². The summed E-state index contributed by atoms with van der Waals surface area (Å²) in [6.45, 7) is 3.57. The molecule has 1 fully saturated rings. The molecule has 1 aliphatic heterocycles. The maximum absolute atomic E-state index is 12.2. The number of hydrogen-bond acceptors (Lipinski definition) is 6. The first-order valence-corrected chi connectivity index (χ1v) is 10.8. The number of benzene rings is 1. The Labute approximate surface area is 166 Å². The number of aryl methyl sites for hydroxylation is 1. The number of nitrogens with two attached hydrogens (primary N) is 2. The lowest BCUT2D eigenvalue weighted by Gasteiger charge is -2.29. The van der Waals surface area contributed by atoms with Crippen molar-refractivity contribution in [2.24, 2.45) is 11.7 Å². The smallest absolute Gasteiger partial charge is 0.271 e. The standard InChI is InChI=1S/C14H21NO2S.C5H6N4O/c1-13-7-10-15(11-8-13)18(16,17)12-9-14-5-3-2-4-6-14;6-4-3(5(7)10)8-1-2-9-4/h2-6,13H,7-12H2,1H3;1-2H,(H2,6,9)(H2,7,10). The highest BCUT2D eigenvalue weighted by atomic mass is 32.2. The highest BCUT2D eigenvalue weighted by Crippen LogP contribution is 2.19. The number of carbonyl (C=O) groups excluding carboxylic acids is 1. The van der Waals surface area contributed by atoms with Gasteiger partial charge in [-0.1, -0.05) is 37.3 Å². The number of nitrogen functional groups attached to an aromatic ring is 1. The molecule has 0 saturated carbocycles. The molecule has 4 N–H and O–H groups in total. The molecule has 28 heavy (non-hydrogen) atoms. The van der Waals surface area contributed by atoms with E-state index in [4.69, 9.17) is 11.5 Å². The van der Waals surface area contributed by atoms with Crippen molar-refractivity contribution >= 4 is 21.7 Å². The van der Waals surface area contributed by atoms with Gasteiger partial charge in [0.05, 0.1) is 5.75 Å². The van der Waals surface area contributed by atoms with Crippen LogP contribution in [0.25, 0.3) is 0 Å². The van der Waals surface area contributed by atoms with Gasteiger partial charge in [0.1, 0.15) is 0 Å². The SMILES string of the molecule is CC1CCN(S(=O)(=O)CCc2ccccc2)CC1.NC(=O)c1nccnc1N. The number of aromatic nitrogens is 2. The summed E-state index contributed by atoms with van der Waals surface area (Å²) < 4.78 is 26.0. The van der Waals surface area contributed by atoms with Gasteiger partial charge in [0, 0.05) is 25.5 Å². The Morgan fingerprint density at radius 3 is 2.29 bits per heavy atom. The van der Waals surface area contributed by atoms with Crippen LogP contribution < -0.4 is 11.5 Å². The minimum Gasteiger partial charge on any atom is -0.382 e. The molecule has 3 rings (SSSR count). The van der Waals surface area contributed by atoms with Crippen LogP contribution in [0.5, 0.6) is 0 Å². The molecule has 1 amide bonds. The molecule has 1 saturated heterocycles. The number of anilines is 1. The summed E-state index contributed by atoms with van der Waals surface area (Å²) in [5.74, 6) is 0.289. The summed E-state index contributed by atoms with van der Waals surface area (Å²) in [5, 5.41) is 0. The monoisotopic (exact) mass is 405 g/mol. The van der Waals surface area contributed by atoms with E-state index >= 15 is 0 Å². The van der Waals surface area contributed by atoms with E-state index in [1.807, 2.05) is 30.3 Å². The molecule has 9 heteroatoms. The summed E-state index contributed by atoms with van der Waals surface area (Å²) in [5.41, 5.74) is 11.2. The third-order valence-corrected chi connectivity index (χ3v) is 6.46. The second-order valence-electron chi connectivity index (χ2n) is 6.79. The van der Waals surface area contributed by atoms with Crippen molar-refractivity contribution in [1.82, 2.24) is 14.3 Å². The summed E-state index contributed by atoms with van der Waals surface area (Å²) >= 11 is 0. The average molecular weight is 406 g/mol. The van der Waals surface area contributed by atoms with E-state index in [2.05, 4.69) is 16.9 Å². The number of piperidine rings is 1. The lowest BCUT2D eigenvalue weighted by Crippen LogP contribution is -2.39. The van der Waals surface area contributed by atoms with Gasteiger partial charge in [-0.2, -0.15) is 0 Å². The van der Waals surface area contributed by atoms with Crippen molar-refractivity contribution in [3.63, 3.8) is 0 Å². The summed E-state index contributed by atoms with van der Waals surface area (Å²) in [6.07, 6.45) is 5.34. The Morgan fingerprint density at radius 2 is 1.75 bits per heavy atom. The van der Waals surface area contributed by atoms with Crippen LogP contribution in [0.3, 0.4) is 0 Å². The Hall–Kier alpha value is -2.52. The summed E-state index contributed by atoms with van der Waals surface area (Å²) in [6, 6.07) is 9.81. The normalized spacial score (nSPS) is 15.5. The van der Waals surface area contributed by atoms with Crippen molar-refractivity contribution in [3.05, 3.63) is 54.0 Å². The molecule has 152 valence electrons. The number of amides is 1. The maximum atomic E-state index is 12.2. The quantitative estimate of drug-likeness (QED) is 0.774. The maximum Gasteiger partial charge on any atom is 0.271 e. The van der Waals surface area contributed by atoms with Gasteiger partial charge in [0.2, 0.25) is 10.0 Å². The van der Waals surface area contributed by atoms with E-state index in [0.717, 1.165) is 18.4 Å². The first-order chi connectivity index (χ1) is 13.3. The highest BCUT2D eigenvalue weighted by Gasteiger charge is 2.25. The second-order valence-corrected chi connectivity index (χ2v) is 8.88. The Morgan fingerprint density at radius 1 is 1.14 bits per heavy atom. The molecule has 0 aliphatic carbocycles. The van der Waals surface area contributed by atoms with Gasteiger partial charge >= 0.3 is 0 Å². The molecule has 0 radical (unpaired) electrons. The number of rotatable bonds is 5. The first kappa shape index (κ1) is 21.8. The van der Waals surface area contributed by atoms with Crippen LogP contribution in [0.4, 0.5) is 5.82 Å². The number of sulfonamides is 1. The van der Waals surface area contributed by atoms with Gasteiger partial charge < -0.3 is 11.5 Å². The van der Waals surface area contributed by atoms with Crippen LogP contribution >= 0.6 is 0 Å². The lowest BCUT2D eigenvalue weighted by molar-refractivity contribution is 0.0996. The van der Waals surface area contributed by atoms with Crippen LogP contribution in [0.1, 0.15) is 35.8 Å². The molecule has 0 spiro atoms. The summed E-state index contributed by atoms with van der Waals surface area (Å²) in [4.78, 5) is 17.7. The number of carbonyl (C=O) groups is 1. The Bertz CT molecular complexity index is 866. The van der Waals surface area contributed by atoms with Crippen molar-refractivity contribution < 1.29 is 13.2 Å². The topological polar surface area (TPSA) is 132 Å². The van der Waals surface area contributed by atoms with Crippen LogP contribution in [0.15, 0.2) is 42.7 Å². The minimum atomic E-state index is -3.07. The zero-order valence-corrected chi connectivity index (χ0v) is 16.8. The third kappa shape index (κ3) is 6.58. The molecule has 0 bridgehead atoms. The largest absolute Gasteiger partial charge is 0.382 e. The Balaban J connectivity index is 0.000000237. The predicted molar refractivity (Wildman–Crippen MR) is 109 cm³/mol. The zero-order chi connectivity index (χ0) is 20.6. The molecular weight excluding hydrogens is 378 g/mol. The lowest BCUT2D eigenvalue weighted by atomic mass is 10.0. The van der Waals surface area contributed by atoms with Gasteiger partial charge in [-0.15, -0.1) is 0 Å². The minimum absolute atomic E-state index is 0.0162. The molecular formula is C19H27N5O3S. The predicted octanol–water partition coefficient (Wildman–Crippen LogP) is 1.45. The fourth-order valence-electron chi connectivity index (χ4n) is 2.82. The third-order valence-electron chi connectivity index (χ3n) is 4.59. The molecule has 2 heterocycles. The number of hydrogen-bond donors (Lipinski definition) is 2. The number of primary amides is 1. The van der Waals surface area contributed by atoms with Crippen LogP contribution in [-0.4, -0.2) is 47.4 Å². The van der Waals surface area contributed by atoms with Crippen LogP contribution in [-0.2, 0) is 16.4 Å². The molecule has 0 atom stereocenters. The van der Waals surface area contributed by atoms with Crippen LogP contribution in [0, 0.1) is 5.92 Å². The van der Waals surface area contributed by atoms with Gasteiger partial charge in [-0.05, 0) is 30.7 Å². The second kappa shape index (κ2) is 10.1.